The quantitative estimate of drug-likeness (QED) is 0.391. The number of ether oxygens (including phenoxy) is 1. The van der Waals surface area contributed by atoms with Crippen molar-refractivity contribution in [1.29, 1.82) is 0 Å². The van der Waals surface area contributed by atoms with E-state index in [2.05, 4.69) is 0 Å². The van der Waals surface area contributed by atoms with Gasteiger partial charge in [-0.1, -0.05) is 29.8 Å². The van der Waals surface area contributed by atoms with E-state index < -0.39 is 17.1 Å². The Labute approximate surface area is 190 Å². The zero-order valence-corrected chi connectivity index (χ0v) is 18.4. The average molecular weight is 451 g/mol. The van der Waals surface area contributed by atoms with Gasteiger partial charge < -0.3 is 9.64 Å². The van der Waals surface area contributed by atoms with E-state index in [0.717, 1.165) is 35.1 Å². The van der Waals surface area contributed by atoms with Gasteiger partial charge in [-0.05, 0) is 67.4 Å². The molecule has 164 valence electrons. The maximum atomic E-state index is 12.7. The lowest BCUT2D eigenvalue weighted by atomic mass is 10.1. The summed E-state index contributed by atoms with van der Waals surface area (Å²) in [6.45, 7) is 3.02. The number of aryl methyl sites for hydroxylation is 1. The first-order chi connectivity index (χ1) is 15.4. The summed E-state index contributed by atoms with van der Waals surface area (Å²) >= 11 is 0.799. The predicted octanol–water partition coefficient (Wildman–Crippen LogP) is 3.87. The van der Waals surface area contributed by atoms with Crippen molar-refractivity contribution in [3.63, 3.8) is 0 Å². The average Bonchev–Trinajstić information content (AvgIpc) is 3.39. The first-order valence-corrected chi connectivity index (χ1v) is 11.1. The summed E-state index contributed by atoms with van der Waals surface area (Å²) in [7, 11) is 0. The van der Waals surface area contributed by atoms with Gasteiger partial charge in [0.05, 0.1) is 10.5 Å². The van der Waals surface area contributed by atoms with Gasteiger partial charge in [0.1, 0.15) is 12.3 Å². The van der Waals surface area contributed by atoms with Crippen molar-refractivity contribution in [3.8, 4) is 5.75 Å². The van der Waals surface area contributed by atoms with Crippen molar-refractivity contribution in [2.24, 2.45) is 0 Å². The lowest BCUT2D eigenvalue weighted by Gasteiger charge is -2.18. The molecular formula is C24H22N2O5S. The van der Waals surface area contributed by atoms with Crippen LogP contribution < -0.4 is 4.74 Å². The number of imide groups is 1. The molecule has 0 N–H and O–H groups in total. The summed E-state index contributed by atoms with van der Waals surface area (Å²) in [4.78, 5) is 52.6. The molecule has 2 heterocycles. The molecule has 2 aromatic carbocycles. The fraction of sp³-hybridized carbons (Fsp3) is 0.250. The molecule has 0 spiro atoms. The highest BCUT2D eigenvalue weighted by atomic mass is 32.2. The molecule has 0 aromatic heterocycles. The van der Waals surface area contributed by atoms with Gasteiger partial charge in [-0.25, -0.2) is 4.79 Å². The number of esters is 1. The maximum Gasteiger partial charge on any atom is 0.343 e. The van der Waals surface area contributed by atoms with Gasteiger partial charge in [-0.15, -0.1) is 0 Å². The molecule has 3 amide bonds. The lowest BCUT2D eigenvalue weighted by Crippen LogP contribution is -2.40. The van der Waals surface area contributed by atoms with Crippen LogP contribution in [0, 0.1) is 6.92 Å². The van der Waals surface area contributed by atoms with Gasteiger partial charge in [0, 0.05) is 13.1 Å². The number of nitrogens with zero attached hydrogens (tertiary/aromatic N) is 2. The minimum atomic E-state index is -0.491. The third-order valence-corrected chi connectivity index (χ3v) is 6.19. The van der Waals surface area contributed by atoms with E-state index in [0.29, 0.717) is 30.0 Å². The second-order valence-electron chi connectivity index (χ2n) is 7.68. The van der Waals surface area contributed by atoms with Crippen LogP contribution in [-0.2, 0) is 9.59 Å². The Balaban J connectivity index is 1.45. The SMILES string of the molecule is Cc1ccc(C(=O)Oc2cccc(/C=C3\SC(=O)N(CC(=O)N4CCCC4)C3=O)c2)cc1. The van der Waals surface area contributed by atoms with Crippen LogP contribution in [0.5, 0.6) is 5.75 Å². The lowest BCUT2D eigenvalue weighted by molar-refractivity contribution is -0.135. The van der Waals surface area contributed by atoms with E-state index in [4.69, 9.17) is 4.74 Å². The van der Waals surface area contributed by atoms with E-state index >= 15 is 0 Å². The minimum Gasteiger partial charge on any atom is -0.423 e. The first-order valence-electron chi connectivity index (χ1n) is 10.3. The maximum absolute atomic E-state index is 12.7. The molecule has 8 heteroatoms. The van der Waals surface area contributed by atoms with E-state index in [1.54, 1.807) is 47.4 Å². The van der Waals surface area contributed by atoms with Gasteiger partial charge in [0.15, 0.2) is 0 Å². The highest BCUT2D eigenvalue weighted by Crippen LogP contribution is 2.32. The Morgan fingerprint density at radius 3 is 2.50 bits per heavy atom. The zero-order chi connectivity index (χ0) is 22.7. The van der Waals surface area contributed by atoms with Crippen LogP contribution in [-0.4, -0.2) is 52.5 Å². The third-order valence-electron chi connectivity index (χ3n) is 5.28. The summed E-state index contributed by atoms with van der Waals surface area (Å²) in [5, 5.41) is -0.462. The second-order valence-corrected chi connectivity index (χ2v) is 8.68. The van der Waals surface area contributed by atoms with E-state index in [9.17, 15) is 19.2 Å². The van der Waals surface area contributed by atoms with Gasteiger partial charge in [-0.2, -0.15) is 0 Å². The van der Waals surface area contributed by atoms with Crippen molar-refractivity contribution in [2.75, 3.05) is 19.6 Å². The fourth-order valence-corrected chi connectivity index (χ4v) is 4.35. The molecule has 2 fully saturated rings. The Kier molecular flexibility index (Phi) is 6.41. The van der Waals surface area contributed by atoms with E-state index in [-0.39, 0.29) is 17.4 Å². The highest BCUT2D eigenvalue weighted by Gasteiger charge is 2.37. The summed E-state index contributed by atoms with van der Waals surface area (Å²) in [6, 6.07) is 13.8. The molecule has 7 nitrogen and oxygen atoms in total. The number of carbonyl (C=O) groups is 4. The van der Waals surface area contributed by atoms with E-state index in [1.807, 2.05) is 19.1 Å². The second kappa shape index (κ2) is 9.40. The van der Waals surface area contributed by atoms with Crippen LogP contribution in [0.2, 0.25) is 0 Å². The number of benzene rings is 2. The Hall–Kier alpha value is -3.39. The Morgan fingerprint density at radius 2 is 1.78 bits per heavy atom. The predicted molar refractivity (Wildman–Crippen MR) is 121 cm³/mol. The van der Waals surface area contributed by atoms with Crippen LogP contribution in [0.4, 0.5) is 4.79 Å². The monoisotopic (exact) mass is 450 g/mol. The number of thioether (sulfide) groups is 1. The molecule has 0 bridgehead atoms. The van der Waals surface area contributed by atoms with Crippen molar-refractivity contribution >= 4 is 40.9 Å². The molecule has 0 aliphatic carbocycles. The summed E-state index contributed by atoms with van der Waals surface area (Å²) in [5.41, 5.74) is 2.08. The Morgan fingerprint density at radius 1 is 1.06 bits per heavy atom. The molecule has 2 aromatic rings. The fourth-order valence-electron chi connectivity index (χ4n) is 3.51. The molecule has 2 saturated heterocycles. The van der Waals surface area contributed by atoms with Gasteiger partial charge in [0.2, 0.25) is 5.91 Å². The molecule has 2 aliphatic rings. The molecule has 0 radical (unpaired) electrons. The number of rotatable bonds is 5. The Bertz CT molecular complexity index is 1100. The summed E-state index contributed by atoms with van der Waals surface area (Å²) in [6.07, 6.45) is 3.45. The van der Waals surface area contributed by atoms with Crippen molar-refractivity contribution < 1.29 is 23.9 Å². The van der Waals surface area contributed by atoms with E-state index in [1.165, 1.54) is 0 Å². The molecule has 4 rings (SSSR count). The summed E-state index contributed by atoms with van der Waals surface area (Å²) < 4.78 is 5.44. The van der Waals surface area contributed by atoms with Gasteiger partial charge >= 0.3 is 5.97 Å². The molecule has 32 heavy (non-hydrogen) atoms. The molecule has 0 atom stereocenters. The molecular weight excluding hydrogens is 428 g/mol. The van der Waals surface area contributed by atoms with Crippen molar-refractivity contribution in [1.82, 2.24) is 9.80 Å². The summed E-state index contributed by atoms with van der Waals surface area (Å²) in [5.74, 6) is -0.860. The largest absolute Gasteiger partial charge is 0.423 e. The normalized spacial score (nSPS) is 17.3. The molecule has 0 saturated carbocycles. The number of hydrogen-bond acceptors (Lipinski definition) is 6. The molecule has 0 unspecified atom stereocenters. The third kappa shape index (κ3) is 4.91. The molecule has 2 aliphatic heterocycles. The number of amides is 3. The zero-order valence-electron chi connectivity index (χ0n) is 17.6. The number of likely N-dealkylation sites (tertiary alicyclic amines) is 1. The number of carbonyl (C=O) groups excluding carboxylic acids is 4. The van der Waals surface area contributed by atoms with Gasteiger partial charge in [0.25, 0.3) is 11.1 Å². The van der Waals surface area contributed by atoms with Crippen LogP contribution in [0.3, 0.4) is 0 Å². The smallest absolute Gasteiger partial charge is 0.343 e. The first kappa shape index (κ1) is 21.8. The standard InChI is InChI=1S/C24H22N2O5S/c1-16-7-9-18(10-8-16)23(29)31-19-6-4-5-17(13-19)14-20-22(28)26(24(30)32-20)15-21(27)25-11-2-3-12-25/h4-10,13-14H,2-3,11-12,15H2,1H3/b20-14-. The van der Waals surface area contributed by atoms with Crippen molar-refractivity contribution in [2.45, 2.75) is 19.8 Å². The van der Waals surface area contributed by atoms with Gasteiger partial charge in [-0.3, -0.25) is 19.3 Å². The minimum absolute atomic E-state index is 0.212. The van der Waals surface area contributed by atoms with Crippen LogP contribution in [0.1, 0.15) is 34.3 Å². The number of hydrogen-bond donors (Lipinski definition) is 0. The van der Waals surface area contributed by atoms with Crippen LogP contribution in [0.15, 0.2) is 53.4 Å². The van der Waals surface area contributed by atoms with Crippen LogP contribution in [0.25, 0.3) is 6.08 Å². The van der Waals surface area contributed by atoms with Crippen molar-refractivity contribution in [3.05, 3.63) is 70.1 Å². The highest BCUT2D eigenvalue weighted by molar-refractivity contribution is 8.18. The van der Waals surface area contributed by atoms with Crippen LogP contribution >= 0.6 is 11.8 Å². The topological polar surface area (TPSA) is 84.0 Å².